The van der Waals surface area contributed by atoms with Crippen molar-refractivity contribution in [3.05, 3.63) is 42.4 Å². The summed E-state index contributed by atoms with van der Waals surface area (Å²) >= 11 is 0. The highest BCUT2D eigenvalue weighted by Gasteiger charge is 2.14. The molecule has 1 fully saturated rings. The number of hydrogen-bond acceptors (Lipinski definition) is 3. The molecule has 0 saturated heterocycles. The third kappa shape index (κ3) is 3.51. The smallest absolute Gasteiger partial charge is 0.213 e. The van der Waals surface area contributed by atoms with Crippen LogP contribution in [0.1, 0.15) is 43.7 Å². The van der Waals surface area contributed by atoms with Gasteiger partial charge in [0.2, 0.25) is 5.88 Å². The maximum Gasteiger partial charge on any atom is 0.213 e. The van der Waals surface area contributed by atoms with Gasteiger partial charge in [0.05, 0.1) is 19.0 Å². The molecule has 4 heteroatoms. The van der Waals surface area contributed by atoms with Crippen LogP contribution in [0.2, 0.25) is 0 Å². The summed E-state index contributed by atoms with van der Waals surface area (Å²) in [6.45, 7) is 0. The molecule has 0 unspecified atom stereocenters. The largest absolute Gasteiger partial charge is 0.481 e. The number of ether oxygens (including phenoxy) is 1. The minimum absolute atomic E-state index is 0.609. The predicted molar refractivity (Wildman–Crippen MR) is 84.6 cm³/mol. The second-order valence-corrected chi connectivity index (χ2v) is 5.50. The van der Waals surface area contributed by atoms with Crippen LogP contribution in [0.25, 0.3) is 0 Å². The van der Waals surface area contributed by atoms with Gasteiger partial charge in [-0.3, -0.25) is 4.99 Å². The van der Waals surface area contributed by atoms with Crippen LogP contribution in [0.4, 0.5) is 5.69 Å². The zero-order valence-electron chi connectivity index (χ0n) is 12.4. The second-order valence-electron chi connectivity index (χ2n) is 5.50. The average molecular weight is 283 g/mol. The Balaban J connectivity index is 1.66. The molecule has 1 saturated carbocycles. The number of hydrogen-bond donors (Lipinski definition) is 0. The van der Waals surface area contributed by atoms with Gasteiger partial charge < -0.3 is 9.30 Å². The lowest BCUT2D eigenvalue weighted by atomic mass is 9.95. The Labute approximate surface area is 125 Å². The van der Waals surface area contributed by atoms with Crippen molar-refractivity contribution in [2.75, 3.05) is 7.11 Å². The van der Waals surface area contributed by atoms with Crippen LogP contribution >= 0.6 is 0 Å². The minimum Gasteiger partial charge on any atom is -0.481 e. The summed E-state index contributed by atoms with van der Waals surface area (Å²) in [5.41, 5.74) is 1.97. The number of nitrogens with zero attached hydrogens (tertiary/aromatic N) is 3. The second kappa shape index (κ2) is 6.57. The monoisotopic (exact) mass is 283 g/mol. The van der Waals surface area contributed by atoms with Gasteiger partial charge >= 0.3 is 0 Å². The average Bonchev–Trinajstić information content (AvgIpc) is 3.03. The lowest BCUT2D eigenvalue weighted by Gasteiger charge is -2.23. The van der Waals surface area contributed by atoms with Crippen molar-refractivity contribution in [1.29, 1.82) is 0 Å². The number of rotatable bonds is 4. The van der Waals surface area contributed by atoms with Gasteiger partial charge in [0.1, 0.15) is 0 Å². The predicted octanol–water partition coefficient (Wildman–Crippen LogP) is 4.15. The van der Waals surface area contributed by atoms with E-state index in [4.69, 9.17) is 4.74 Å². The standard InChI is InChI=1S/C17H21N3O/c1-21-17-8-7-15(12-19-17)18-11-14-9-10-20(13-14)16-5-3-2-4-6-16/h7-13,16H,2-6H2,1H3. The summed E-state index contributed by atoms with van der Waals surface area (Å²) in [6, 6.07) is 6.51. The van der Waals surface area contributed by atoms with Gasteiger partial charge in [-0.2, -0.15) is 0 Å². The van der Waals surface area contributed by atoms with Gasteiger partial charge in [-0.05, 0) is 25.0 Å². The topological polar surface area (TPSA) is 39.4 Å². The first kappa shape index (κ1) is 13.9. The number of aliphatic imine (C=N–C) groups is 1. The summed E-state index contributed by atoms with van der Waals surface area (Å²) < 4.78 is 7.38. The molecule has 0 radical (unpaired) electrons. The maximum atomic E-state index is 5.04. The molecular weight excluding hydrogens is 262 g/mol. The molecule has 3 rings (SSSR count). The lowest BCUT2D eigenvalue weighted by molar-refractivity contribution is 0.354. The molecular formula is C17H21N3O. The Morgan fingerprint density at radius 1 is 1.24 bits per heavy atom. The Kier molecular flexibility index (Phi) is 4.34. The summed E-state index contributed by atoms with van der Waals surface area (Å²) in [6.07, 6.45) is 14.7. The highest BCUT2D eigenvalue weighted by atomic mass is 16.5. The van der Waals surface area contributed by atoms with E-state index in [1.165, 1.54) is 32.1 Å². The van der Waals surface area contributed by atoms with Crippen LogP contribution < -0.4 is 4.74 Å². The normalized spacial score (nSPS) is 16.4. The number of methoxy groups -OCH3 is 1. The van der Waals surface area contributed by atoms with Crippen molar-refractivity contribution in [2.24, 2.45) is 4.99 Å². The molecule has 2 aromatic heterocycles. The Bertz CT molecular complexity index is 595. The maximum absolute atomic E-state index is 5.04. The summed E-state index contributed by atoms with van der Waals surface area (Å²) in [5, 5.41) is 0. The van der Waals surface area contributed by atoms with E-state index in [2.05, 4.69) is 33.0 Å². The van der Waals surface area contributed by atoms with Gasteiger partial charge in [0.15, 0.2) is 0 Å². The van der Waals surface area contributed by atoms with E-state index in [1.54, 1.807) is 13.3 Å². The third-order valence-corrected chi connectivity index (χ3v) is 4.03. The first-order chi connectivity index (χ1) is 10.3. The van der Waals surface area contributed by atoms with Gasteiger partial charge in [-0.15, -0.1) is 0 Å². The number of aromatic nitrogens is 2. The molecule has 1 aliphatic carbocycles. The van der Waals surface area contributed by atoms with Crippen molar-refractivity contribution >= 4 is 11.9 Å². The van der Waals surface area contributed by atoms with Crippen LogP contribution in [0.3, 0.4) is 0 Å². The highest BCUT2D eigenvalue weighted by Crippen LogP contribution is 2.28. The minimum atomic E-state index is 0.609. The zero-order chi connectivity index (χ0) is 14.5. The van der Waals surface area contributed by atoms with Crippen LogP contribution in [0.5, 0.6) is 5.88 Å². The molecule has 0 bridgehead atoms. The summed E-state index contributed by atoms with van der Waals surface area (Å²) in [5.74, 6) is 0.609. The molecule has 2 heterocycles. The molecule has 0 atom stereocenters. The quantitative estimate of drug-likeness (QED) is 0.791. The number of pyridine rings is 1. The molecule has 21 heavy (non-hydrogen) atoms. The summed E-state index contributed by atoms with van der Waals surface area (Å²) in [4.78, 5) is 8.60. The Morgan fingerprint density at radius 3 is 2.81 bits per heavy atom. The lowest BCUT2D eigenvalue weighted by Crippen LogP contribution is -2.10. The molecule has 0 N–H and O–H groups in total. The van der Waals surface area contributed by atoms with E-state index in [0.29, 0.717) is 11.9 Å². The molecule has 0 spiro atoms. The van der Waals surface area contributed by atoms with E-state index in [0.717, 1.165) is 11.3 Å². The van der Waals surface area contributed by atoms with Crippen LogP contribution in [-0.2, 0) is 0 Å². The van der Waals surface area contributed by atoms with Crippen molar-refractivity contribution < 1.29 is 4.74 Å². The van der Waals surface area contributed by atoms with Crippen molar-refractivity contribution in [2.45, 2.75) is 38.1 Å². The molecule has 0 aromatic carbocycles. The van der Waals surface area contributed by atoms with Gasteiger partial charge in [0.25, 0.3) is 0 Å². The van der Waals surface area contributed by atoms with Crippen LogP contribution in [0.15, 0.2) is 41.8 Å². The van der Waals surface area contributed by atoms with E-state index in [1.807, 2.05) is 18.3 Å². The first-order valence-corrected chi connectivity index (χ1v) is 7.57. The van der Waals surface area contributed by atoms with Gasteiger partial charge in [-0.1, -0.05) is 19.3 Å². The fraction of sp³-hybridized carbons (Fsp3) is 0.412. The Hall–Kier alpha value is -2.10. The van der Waals surface area contributed by atoms with E-state index < -0.39 is 0 Å². The molecule has 2 aromatic rings. The molecule has 0 amide bonds. The van der Waals surface area contributed by atoms with Crippen LogP contribution in [0, 0.1) is 0 Å². The van der Waals surface area contributed by atoms with Crippen molar-refractivity contribution in [1.82, 2.24) is 9.55 Å². The van der Waals surface area contributed by atoms with E-state index >= 15 is 0 Å². The van der Waals surface area contributed by atoms with E-state index in [-0.39, 0.29) is 0 Å². The molecule has 0 aliphatic heterocycles. The first-order valence-electron chi connectivity index (χ1n) is 7.57. The molecule has 4 nitrogen and oxygen atoms in total. The van der Waals surface area contributed by atoms with Crippen molar-refractivity contribution in [3.63, 3.8) is 0 Å². The van der Waals surface area contributed by atoms with Crippen molar-refractivity contribution in [3.8, 4) is 5.88 Å². The zero-order valence-corrected chi connectivity index (χ0v) is 12.4. The third-order valence-electron chi connectivity index (χ3n) is 4.03. The van der Waals surface area contributed by atoms with Crippen LogP contribution in [-0.4, -0.2) is 22.9 Å². The fourth-order valence-electron chi connectivity index (χ4n) is 2.83. The fourth-order valence-corrected chi connectivity index (χ4v) is 2.83. The van der Waals surface area contributed by atoms with Gasteiger partial charge in [0, 0.05) is 36.3 Å². The molecule has 1 aliphatic rings. The SMILES string of the molecule is COc1ccc(N=Cc2ccn(C3CCCCC3)c2)cn1. The summed E-state index contributed by atoms with van der Waals surface area (Å²) in [7, 11) is 1.61. The van der Waals surface area contributed by atoms with E-state index in [9.17, 15) is 0 Å². The Morgan fingerprint density at radius 2 is 2.10 bits per heavy atom. The van der Waals surface area contributed by atoms with Gasteiger partial charge in [-0.25, -0.2) is 4.98 Å². The highest BCUT2D eigenvalue weighted by molar-refractivity contribution is 5.81. The molecule has 110 valence electrons.